The molecule has 2 aromatic carbocycles. The molecule has 1 atom stereocenters. The van der Waals surface area contributed by atoms with Crippen molar-refractivity contribution in [2.45, 2.75) is 12.5 Å². The highest BCUT2D eigenvalue weighted by Gasteiger charge is 2.23. The molecule has 0 saturated carbocycles. The first-order valence-electron chi connectivity index (χ1n) is 13.6. The molecule has 4 heterocycles. The highest BCUT2D eigenvalue weighted by molar-refractivity contribution is 5.92. The molecule has 2 fully saturated rings. The van der Waals surface area contributed by atoms with Crippen LogP contribution in [0.1, 0.15) is 11.1 Å². The van der Waals surface area contributed by atoms with Crippen LogP contribution in [0, 0.1) is 0 Å². The topological polar surface area (TPSA) is 118 Å². The van der Waals surface area contributed by atoms with Crippen molar-refractivity contribution in [2.24, 2.45) is 0 Å². The van der Waals surface area contributed by atoms with Gasteiger partial charge in [0.15, 0.2) is 11.5 Å². The van der Waals surface area contributed by atoms with Gasteiger partial charge in [0.05, 0.1) is 19.2 Å². The zero-order chi connectivity index (χ0) is 27.3. The van der Waals surface area contributed by atoms with Crippen molar-refractivity contribution in [3.8, 4) is 11.5 Å². The summed E-state index contributed by atoms with van der Waals surface area (Å²) in [7, 11) is 1.63. The number of benzene rings is 2. The van der Waals surface area contributed by atoms with Crippen LogP contribution in [0.5, 0.6) is 11.5 Å². The lowest BCUT2D eigenvalue weighted by Crippen LogP contribution is -2.47. The molecule has 4 aromatic rings. The molecule has 2 saturated heterocycles. The van der Waals surface area contributed by atoms with Crippen LogP contribution < -0.4 is 30.1 Å². The third kappa shape index (κ3) is 5.70. The number of rotatable bonds is 8. The SMILES string of the molecule is COc1cc2ncnc(N3CCN(c4ncc(Cc5ccccc5)c(=O)[nH]4)CC3)c2cc1OC[C@H]1CNCCO1. The van der Waals surface area contributed by atoms with Gasteiger partial charge in [-0.25, -0.2) is 15.0 Å². The molecule has 2 aromatic heterocycles. The number of hydrogen-bond acceptors (Lipinski definition) is 10. The first-order chi connectivity index (χ1) is 19.7. The quantitative estimate of drug-likeness (QED) is 0.342. The molecule has 11 heteroatoms. The second-order valence-corrected chi connectivity index (χ2v) is 9.92. The van der Waals surface area contributed by atoms with E-state index in [1.165, 1.54) is 0 Å². The van der Waals surface area contributed by atoms with Gasteiger partial charge in [-0.3, -0.25) is 9.78 Å². The predicted molar refractivity (Wildman–Crippen MR) is 153 cm³/mol. The molecule has 11 nitrogen and oxygen atoms in total. The van der Waals surface area contributed by atoms with E-state index in [1.807, 2.05) is 42.5 Å². The Morgan fingerprint density at radius 2 is 1.85 bits per heavy atom. The molecule has 0 spiro atoms. The lowest BCUT2D eigenvalue weighted by Gasteiger charge is -2.36. The van der Waals surface area contributed by atoms with E-state index in [9.17, 15) is 4.79 Å². The van der Waals surface area contributed by atoms with Crippen molar-refractivity contribution in [2.75, 3.05) is 69.4 Å². The fourth-order valence-corrected chi connectivity index (χ4v) is 5.13. The minimum Gasteiger partial charge on any atom is -0.493 e. The number of nitrogens with zero attached hydrogens (tertiary/aromatic N) is 5. The number of aromatic nitrogens is 4. The number of fused-ring (bicyclic) bond motifs is 1. The molecule has 208 valence electrons. The van der Waals surface area contributed by atoms with Crippen molar-refractivity contribution in [1.82, 2.24) is 25.3 Å². The van der Waals surface area contributed by atoms with E-state index in [0.717, 1.165) is 35.4 Å². The summed E-state index contributed by atoms with van der Waals surface area (Å²) < 4.78 is 17.5. The maximum absolute atomic E-state index is 12.8. The number of H-pyrrole nitrogens is 1. The van der Waals surface area contributed by atoms with Gasteiger partial charge in [0.1, 0.15) is 24.9 Å². The maximum atomic E-state index is 12.8. The van der Waals surface area contributed by atoms with Gasteiger partial charge in [-0.2, -0.15) is 0 Å². The Hall–Kier alpha value is -4.22. The second-order valence-electron chi connectivity index (χ2n) is 9.92. The number of morpholine rings is 1. The Kier molecular flexibility index (Phi) is 7.73. The Morgan fingerprint density at radius 1 is 1.02 bits per heavy atom. The molecule has 0 bridgehead atoms. The summed E-state index contributed by atoms with van der Waals surface area (Å²) in [6.07, 6.45) is 3.81. The van der Waals surface area contributed by atoms with E-state index in [2.05, 4.69) is 35.1 Å². The lowest BCUT2D eigenvalue weighted by atomic mass is 10.1. The molecule has 2 aliphatic heterocycles. The van der Waals surface area contributed by atoms with E-state index < -0.39 is 0 Å². The maximum Gasteiger partial charge on any atom is 0.255 e. The fourth-order valence-electron chi connectivity index (χ4n) is 5.13. The predicted octanol–water partition coefficient (Wildman–Crippen LogP) is 2.01. The number of ether oxygens (including phenoxy) is 3. The van der Waals surface area contributed by atoms with Crippen LogP contribution in [0.3, 0.4) is 0 Å². The minimum absolute atomic E-state index is 0.0128. The van der Waals surface area contributed by atoms with Crippen molar-refractivity contribution < 1.29 is 14.2 Å². The van der Waals surface area contributed by atoms with Crippen molar-refractivity contribution >= 4 is 22.7 Å². The molecule has 0 unspecified atom stereocenters. The molecule has 0 radical (unpaired) electrons. The van der Waals surface area contributed by atoms with Gasteiger partial charge in [-0.05, 0) is 11.6 Å². The number of piperazine rings is 1. The van der Waals surface area contributed by atoms with E-state index in [-0.39, 0.29) is 11.7 Å². The smallest absolute Gasteiger partial charge is 0.255 e. The van der Waals surface area contributed by atoms with Gasteiger partial charge in [-0.15, -0.1) is 0 Å². The Morgan fingerprint density at radius 3 is 2.60 bits per heavy atom. The van der Waals surface area contributed by atoms with Gasteiger partial charge in [0.25, 0.3) is 5.56 Å². The molecule has 0 aliphatic carbocycles. The van der Waals surface area contributed by atoms with E-state index in [1.54, 1.807) is 19.6 Å². The molecular formula is C29H33N7O4. The fraction of sp³-hybridized carbons (Fsp3) is 0.379. The monoisotopic (exact) mass is 543 g/mol. The van der Waals surface area contributed by atoms with Gasteiger partial charge in [-0.1, -0.05) is 30.3 Å². The first kappa shape index (κ1) is 26.0. The summed E-state index contributed by atoms with van der Waals surface area (Å²) in [4.78, 5) is 33.8. The first-order valence-corrected chi connectivity index (χ1v) is 13.6. The van der Waals surface area contributed by atoms with Gasteiger partial charge in [0, 0.05) is 68.9 Å². The summed E-state index contributed by atoms with van der Waals surface area (Å²) in [5, 5.41) is 4.22. The molecule has 40 heavy (non-hydrogen) atoms. The number of aromatic amines is 1. The zero-order valence-corrected chi connectivity index (χ0v) is 22.5. The van der Waals surface area contributed by atoms with Gasteiger partial charge >= 0.3 is 0 Å². The zero-order valence-electron chi connectivity index (χ0n) is 22.5. The summed E-state index contributed by atoms with van der Waals surface area (Å²) in [6.45, 7) is 5.52. The van der Waals surface area contributed by atoms with E-state index in [4.69, 9.17) is 14.2 Å². The molecule has 6 rings (SSSR count). The summed E-state index contributed by atoms with van der Waals surface area (Å²) in [5.74, 6) is 2.69. The number of hydrogen-bond donors (Lipinski definition) is 2. The normalized spacial score (nSPS) is 17.7. The van der Waals surface area contributed by atoms with E-state index in [0.29, 0.717) is 68.8 Å². The third-order valence-electron chi connectivity index (χ3n) is 7.30. The van der Waals surface area contributed by atoms with Crippen molar-refractivity contribution in [3.63, 3.8) is 0 Å². The van der Waals surface area contributed by atoms with Crippen molar-refractivity contribution in [3.05, 3.63) is 76.5 Å². The largest absolute Gasteiger partial charge is 0.493 e. The van der Waals surface area contributed by atoms with Crippen LogP contribution in [0.4, 0.5) is 11.8 Å². The number of anilines is 2. The van der Waals surface area contributed by atoms with E-state index >= 15 is 0 Å². The van der Waals surface area contributed by atoms with Crippen LogP contribution in [0.25, 0.3) is 10.9 Å². The average Bonchev–Trinajstić information content (AvgIpc) is 3.01. The molecule has 2 N–H and O–H groups in total. The van der Waals surface area contributed by atoms with Gasteiger partial charge < -0.3 is 29.3 Å². The standard InChI is InChI=1S/C29H33N7O4/c1-38-25-15-24-23(14-26(25)40-18-22-17-30-7-12-39-22)27(33-19-32-24)35-8-10-36(11-9-35)29-31-16-21(28(37)34-29)13-20-5-3-2-4-6-20/h2-6,14-16,19,22,30H,7-13,17-18H2,1H3,(H,31,34,37)/t22-/m1/s1. The summed E-state index contributed by atoms with van der Waals surface area (Å²) in [5.41, 5.74) is 2.42. The molecule has 2 aliphatic rings. The third-order valence-corrected chi connectivity index (χ3v) is 7.30. The Labute approximate surface area is 232 Å². The van der Waals surface area contributed by atoms with Crippen LogP contribution in [-0.4, -0.2) is 85.6 Å². The highest BCUT2D eigenvalue weighted by atomic mass is 16.5. The van der Waals surface area contributed by atoms with Gasteiger partial charge in [0.2, 0.25) is 5.95 Å². The molecular weight excluding hydrogens is 510 g/mol. The number of nitrogens with one attached hydrogen (secondary N) is 2. The summed E-state index contributed by atoms with van der Waals surface area (Å²) >= 11 is 0. The second kappa shape index (κ2) is 11.9. The van der Waals surface area contributed by atoms with Crippen LogP contribution in [-0.2, 0) is 11.2 Å². The van der Waals surface area contributed by atoms with Crippen LogP contribution in [0.15, 0.2) is 59.8 Å². The lowest BCUT2D eigenvalue weighted by molar-refractivity contribution is -0.000232. The van der Waals surface area contributed by atoms with Crippen LogP contribution >= 0.6 is 0 Å². The van der Waals surface area contributed by atoms with Crippen LogP contribution in [0.2, 0.25) is 0 Å². The minimum atomic E-state index is -0.103. The summed E-state index contributed by atoms with van der Waals surface area (Å²) in [6, 6.07) is 13.8. The average molecular weight is 544 g/mol. The highest BCUT2D eigenvalue weighted by Crippen LogP contribution is 2.35. The molecule has 0 amide bonds. The van der Waals surface area contributed by atoms with Crippen molar-refractivity contribution in [1.29, 1.82) is 0 Å². The Balaban J connectivity index is 1.16. The Bertz CT molecular complexity index is 1500. The number of methoxy groups -OCH3 is 1.